The van der Waals surface area contributed by atoms with Gasteiger partial charge in [-0.3, -0.25) is 4.79 Å². The van der Waals surface area contributed by atoms with E-state index >= 15 is 0 Å². The number of benzene rings is 1. The second kappa shape index (κ2) is 9.12. The number of aliphatic hydroxyl groups excluding tert-OH is 4. The number of ketones is 1. The van der Waals surface area contributed by atoms with Gasteiger partial charge in [0.15, 0.2) is 12.1 Å². The van der Waals surface area contributed by atoms with Gasteiger partial charge in [0.25, 0.3) is 0 Å². The summed E-state index contributed by atoms with van der Waals surface area (Å²) in [7, 11) is 0. The Kier molecular flexibility index (Phi) is 6.78. The van der Waals surface area contributed by atoms with Gasteiger partial charge >= 0.3 is 5.97 Å². The molecule has 4 N–H and O–H groups in total. The number of aliphatic hydroxyl groups is 4. The summed E-state index contributed by atoms with van der Waals surface area (Å²) in [4.78, 5) is 25.5. The molecule has 1 aliphatic heterocycles. The van der Waals surface area contributed by atoms with Crippen molar-refractivity contribution in [1.82, 2.24) is 0 Å². The van der Waals surface area contributed by atoms with Crippen LogP contribution in [0.1, 0.15) is 18.4 Å². The summed E-state index contributed by atoms with van der Waals surface area (Å²) in [6, 6.07) is 8.85. The quantitative estimate of drug-likeness (QED) is 0.270. The molecule has 1 heterocycles. The molecule has 1 saturated heterocycles. The minimum atomic E-state index is -2.17. The number of Topliss-reactive ketones (excluding diaryl/α,β-unsaturated/α-hetero) is 1. The van der Waals surface area contributed by atoms with E-state index < -0.39 is 54.7 Å². The van der Waals surface area contributed by atoms with Gasteiger partial charge in [-0.15, -0.1) is 0 Å². The molecule has 1 fully saturated rings. The topological polar surface area (TPSA) is 143 Å². The van der Waals surface area contributed by atoms with Crippen molar-refractivity contribution in [2.45, 2.75) is 55.8 Å². The van der Waals surface area contributed by atoms with Crippen molar-refractivity contribution in [2.24, 2.45) is 0 Å². The standard InChI is InChI=1S/C20H24O9/c21-10-13-15(23)16(24)17(25)18(28-13)29-20(9-5-4-8-14(20)22)19(26)27-11-12-6-2-1-3-7-12/h1-3,5-7,9,13,15-18,21,23-25H,4,8,10-11H2/t13-,15-,16+,17-,18+,20?/m1/s1. The highest BCUT2D eigenvalue weighted by Gasteiger charge is 2.53. The summed E-state index contributed by atoms with van der Waals surface area (Å²) in [5.74, 6) is -1.57. The van der Waals surface area contributed by atoms with Gasteiger partial charge in [0, 0.05) is 6.42 Å². The van der Waals surface area contributed by atoms with Crippen molar-refractivity contribution < 1.29 is 44.2 Å². The van der Waals surface area contributed by atoms with Gasteiger partial charge < -0.3 is 34.6 Å². The third-order valence-electron chi connectivity index (χ3n) is 4.97. The average molecular weight is 408 g/mol. The molecule has 158 valence electrons. The van der Waals surface area contributed by atoms with Crippen LogP contribution in [0, 0.1) is 0 Å². The number of esters is 1. The molecule has 1 aliphatic carbocycles. The average Bonchev–Trinajstić information content (AvgIpc) is 2.74. The molecule has 0 radical (unpaired) electrons. The Morgan fingerprint density at radius 2 is 1.86 bits per heavy atom. The number of hydrogen-bond donors (Lipinski definition) is 4. The van der Waals surface area contributed by atoms with Crippen LogP contribution in [0.4, 0.5) is 0 Å². The fraction of sp³-hybridized carbons (Fsp3) is 0.500. The third kappa shape index (κ3) is 4.40. The molecular weight excluding hydrogens is 384 g/mol. The first-order chi connectivity index (χ1) is 13.9. The van der Waals surface area contributed by atoms with Gasteiger partial charge in [-0.2, -0.15) is 0 Å². The lowest BCUT2D eigenvalue weighted by atomic mass is 9.88. The molecule has 0 aromatic heterocycles. The Hall–Kier alpha value is -2.14. The Morgan fingerprint density at radius 3 is 2.52 bits per heavy atom. The van der Waals surface area contributed by atoms with Crippen molar-refractivity contribution in [2.75, 3.05) is 6.61 Å². The van der Waals surface area contributed by atoms with Crippen molar-refractivity contribution in [1.29, 1.82) is 0 Å². The fourth-order valence-corrected chi connectivity index (χ4v) is 3.26. The van der Waals surface area contributed by atoms with Crippen LogP contribution in [0.5, 0.6) is 0 Å². The normalized spacial score (nSPS) is 34.8. The highest BCUT2D eigenvalue weighted by atomic mass is 16.7. The van der Waals surface area contributed by atoms with E-state index in [-0.39, 0.29) is 13.0 Å². The summed E-state index contributed by atoms with van der Waals surface area (Å²) < 4.78 is 16.2. The number of carbonyl (C=O) groups excluding carboxylic acids is 2. The predicted molar refractivity (Wildman–Crippen MR) is 97.2 cm³/mol. The molecule has 1 aromatic rings. The maximum atomic E-state index is 12.9. The maximum absolute atomic E-state index is 12.9. The lowest BCUT2D eigenvalue weighted by Crippen LogP contribution is -2.63. The van der Waals surface area contributed by atoms with E-state index in [0.717, 1.165) is 0 Å². The molecule has 0 amide bonds. The zero-order chi connectivity index (χ0) is 21.0. The molecule has 9 heteroatoms. The van der Waals surface area contributed by atoms with E-state index in [1.54, 1.807) is 30.3 Å². The maximum Gasteiger partial charge on any atom is 0.350 e. The highest BCUT2D eigenvalue weighted by Crippen LogP contribution is 2.31. The minimum Gasteiger partial charge on any atom is -0.458 e. The van der Waals surface area contributed by atoms with E-state index in [9.17, 15) is 30.0 Å². The van der Waals surface area contributed by atoms with Gasteiger partial charge in [0.05, 0.1) is 6.61 Å². The van der Waals surface area contributed by atoms with Crippen molar-refractivity contribution in [3.8, 4) is 0 Å². The van der Waals surface area contributed by atoms with Gasteiger partial charge in [-0.1, -0.05) is 36.4 Å². The van der Waals surface area contributed by atoms with Crippen LogP contribution in [0.3, 0.4) is 0 Å². The van der Waals surface area contributed by atoms with E-state index in [4.69, 9.17) is 14.2 Å². The summed E-state index contributed by atoms with van der Waals surface area (Å²) in [6.45, 7) is -0.763. The Balaban J connectivity index is 1.81. The van der Waals surface area contributed by atoms with Crippen LogP contribution in [-0.4, -0.2) is 75.1 Å². The predicted octanol–water partition coefficient (Wildman–Crippen LogP) is -0.796. The molecular formula is C20H24O9. The number of ether oxygens (including phenoxy) is 3. The number of rotatable bonds is 6. The summed E-state index contributed by atoms with van der Waals surface area (Å²) in [5.41, 5.74) is -1.46. The van der Waals surface area contributed by atoms with Crippen LogP contribution in [0.2, 0.25) is 0 Å². The lowest BCUT2D eigenvalue weighted by Gasteiger charge is -2.42. The lowest BCUT2D eigenvalue weighted by molar-refractivity contribution is -0.316. The van der Waals surface area contributed by atoms with Crippen LogP contribution < -0.4 is 0 Å². The SMILES string of the molecule is O=C1CCC=CC1(O[C@@H]1O[C@H](CO)[C@@H](O)[C@H](O)[C@H]1O)C(=O)OCc1ccccc1. The second-order valence-corrected chi connectivity index (χ2v) is 6.98. The van der Waals surface area contributed by atoms with Crippen molar-refractivity contribution in [3.05, 3.63) is 48.0 Å². The van der Waals surface area contributed by atoms with Crippen molar-refractivity contribution in [3.63, 3.8) is 0 Å². The van der Waals surface area contributed by atoms with Crippen LogP contribution >= 0.6 is 0 Å². The van der Waals surface area contributed by atoms with Gasteiger partial charge in [-0.05, 0) is 18.1 Å². The molecule has 0 saturated carbocycles. The van der Waals surface area contributed by atoms with Gasteiger partial charge in [0.1, 0.15) is 31.0 Å². The largest absolute Gasteiger partial charge is 0.458 e. The summed E-state index contributed by atoms with van der Waals surface area (Å²) >= 11 is 0. The van der Waals surface area contributed by atoms with E-state index in [1.165, 1.54) is 6.08 Å². The van der Waals surface area contributed by atoms with Gasteiger partial charge in [0.2, 0.25) is 5.60 Å². The van der Waals surface area contributed by atoms with Gasteiger partial charge in [-0.25, -0.2) is 4.79 Å². The van der Waals surface area contributed by atoms with E-state index in [0.29, 0.717) is 12.0 Å². The molecule has 9 nitrogen and oxygen atoms in total. The molecule has 1 unspecified atom stereocenters. The number of carbonyl (C=O) groups is 2. The van der Waals surface area contributed by atoms with Crippen LogP contribution in [0.15, 0.2) is 42.5 Å². The Bertz CT molecular complexity index is 748. The summed E-state index contributed by atoms with van der Waals surface area (Å²) in [5, 5.41) is 39.4. The molecule has 2 aliphatic rings. The first-order valence-electron chi connectivity index (χ1n) is 9.29. The van der Waals surface area contributed by atoms with Crippen molar-refractivity contribution >= 4 is 11.8 Å². The molecule has 6 atom stereocenters. The molecule has 1 aromatic carbocycles. The number of hydrogen-bond acceptors (Lipinski definition) is 9. The first kappa shape index (κ1) is 21.6. The molecule has 3 rings (SSSR count). The van der Waals surface area contributed by atoms with Crippen LogP contribution in [0.25, 0.3) is 0 Å². The zero-order valence-corrected chi connectivity index (χ0v) is 15.6. The van der Waals surface area contributed by atoms with E-state index in [1.807, 2.05) is 6.07 Å². The fourth-order valence-electron chi connectivity index (χ4n) is 3.26. The zero-order valence-electron chi connectivity index (χ0n) is 15.6. The third-order valence-corrected chi connectivity index (χ3v) is 4.97. The molecule has 29 heavy (non-hydrogen) atoms. The molecule has 0 bridgehead atoms. The van der Waals surface area contributed by atoms with Crippen LogP contribution in [-0.2, 0) is 30.4 Å². The Labute approximate surface area is 167 Å². The minimum absolute atomic E-state index is 0.00829. The van der Waals surface area contributed by atoms with E-state index in [2.05, 4.69) is 0 Å². The first-order valence-corrected chi connectivity index (χ1v) is 9.29. The molecule has 0 spiro atoms. The Morgan fingerprint density at radius 1 is 1.14 bits per heavy atom. The number of allylic oxidation sites excluding steroid dienone is 1. The highest BCUT2D eigenvalue weighted by molar-refractivity contribution is 6.10. The summed E-state index contributed by atoms with van der Waals surface area (Å²) in [6.07, 6.45) is -4.70. The monoisotopic (exact) mass is 408 g/mol. The second-order valence-electron chi connectivity index (χ2n) is 6.98. The smallest absolute Gasteiger partial charge is 0.350 e.